The first-order chi connectivity index (χ1) is 28.7. The Labute approximate surface area is 378 Å². The topological polar surface area (TPSA) is 43.9 Å². The molecular weight excluding hydrogens is 939 g/mol. The molecule has 4 nitrogen and oxygen atoms in total. The molecule has 6 heteroatoms. The minimum absolute atomic E-state index is 0. The summed E-state index contributed by atoms with van der Waals surface area (Å²) in [5.41, 5.74) is 16.0. The van der Waals surface area contributed by atoms with Crippen LogP contribution in [0.5, 0.6) is 0 Å². The van der Waals surface area contributed by atoms with Crippen molar-refractivity contribution < 1.29 is 24.5 Å². The van der Waals surface area contributed by atoms with Crippen LogP contribution in [0.2, 0.25) is 19.6 Å². The third-order valence-corrected chi connectivity index (χ3v) is 13.4. The van der Waals surface area contributed by atoms with Gasteiger partial charge in [-0.1, -0.05) is 151 Å². The molecule has 0 amide bonds. The summed E-state index contributed by atoms with van der Waals surface area (Å²) < 4.78 is 8.35. The van der Waals surface area contributed by atoms with Gasteiger partial charge in [-0.05, 0) is 107 Å². The van der Waals surface area contributed by atoms with E-state index in [1.807, 2.05) is 24.3 Å². The Kier molecular flexibility index (Phi) is 14.3. The van der Waals surface area contributed by atoms with E-state index in [4.69, 9.17) is 9.40 Å². The molecule has 3 aromatic heterocycles. The number of para-hydroxylation sites is 2. The molecule has 0 N–H and O–H groups in total. The van der Waals surface area contributed by atoms with Gasteiger partial charge >= 0.3 is 0 Å². The summed E-state index contributed by atoms with van der Waals surface area (Å²) >= 11 is 0. The fourth-order valence-corrected chi connectivity index (χ4v) is 9.66. The van der Waals surface area contributed by atoms with Crippen LogP contribution in [0.1, 0.15) is 89.5 Å². The molecule has 315 valence electrons. The number of allylic oxidation sites excluding steroid dienone is 2. The number of furan rings is 1. The standard InChI is InChI=1S/C37H35N2O.C18H24NSi.Ir/c1-7-25(6)27-17-18-35-31(19-27)32(22-40-35)37-38-33-15-11-12-16-34(33)39(37)36-29(23(2)3)20-28(21-30(36)24(4)5)26-13-9-8-10-14-26;1-14(2)11-16-12-17(15-9-7-6-8-10-15)19-13-18(16)20(3,4)5;/h7-21,23-24H,1-6H3;6-9,12-14H,11H2,1-5H3;/q2*-1;/b25-7-;;. The van der Waals surface area contributed by atoms with Gasteiger partial charge in [0.2, 0.25) is 0 Å². The molecule has 0 saturated carbocycles. The van der Waals surface area contributed by atoms with Gasteiger partial charge in [-0.2, -0.15) is 0 Å². The molecule has 1 radical (unpaired) electrons. The molecule has 0 aliphatic rings. The number of aromatic nitrogens is 3. The Morgan fingerprint density at radius 2 is 1.46 bits per heavy atom. The number of pyridine rings is 1. The van der Waals surface area contributed by atoms with Crippen LogP contribution in [-0.4, -0.2) is 22.6 Å². The molecule has 0 atom stereocenters. The predicted molar refractivity (Wildman–Crippen MR) is 258 cm³/mol. The smallest absolute Gasteiger partial charge is 0.0798 e. The maximum atomic E-state index is 5.99. The number of hydrogen-bond donors (Lipinski definition) is 0. The van der Waals surface area contributed by atoms with Crippen molar-refractivity contribution in [3.8, 4) is 39.5 Å². The molecule has 0 fully saturated rings. The Hall–Kier alpha value is -5.13. The van der Waals surface area contributed by atoms with E-state index in [1.54, 1.807) is 0 Å². The number of imidazole rings is 1. The second kappa shape index (κ2) is 19.3. The largest absolute Gasteiger partial charge is 0.557 e. The molecule has 5 aromatic carbocycles. The van der Waals surface area contributed by atoms with Gasteiger partial charge in [0, 0.05) is 43.8 Å². The fraction of sp³-hybridized carbons (Fsp3) is 0.273. The molecular formula is C55H59IrN3OSi-2. The van der Waals surface area contributed by atoms with E-state index in [1.165, 1.54) is 49.8 Å². The molecule has 0 saturated heterocycles. The van der Waals surface area contributed by atoms with Crippen LogP contribution < -0.4 is 5.19 Å². The SMILES string of the molecule is C/C=C(/C)c1ccc2o[c-]c(-c3nc4ccccc4n3-c3c(C(C)C)cc(-c4ccccc4)cc3C(C)C)c2c1.CC(C)Cc1cc(-c2[c-]cccc2)ncc1[Si](C)(C)C.[Ir]. The van der Waals surface area contributed by atoms with Crippen LogP contribution in [0.25, 0.3) is 67.0 Å². The second-order valence-electron chi connectivity index (χ2n) is 18.1. The molecule has 8 aromatic rings. The molecule has 0 unspecified atom stereocenters. The van der Waals surface area contributed by atoms with E-state index in [0.717, 1.165) is 51.1 Å². The third-order valence-electron chi connectivity index (χ3n) is 11.3. The summed E-state index contributed by atoms with van der Waals surface area (Å²) in [6.45, 7) is 25.1. The van der Waals surface area contributed by atoms with Crippen molar-refractivity contribution in [2.45, 2.75) is 93.3 Å². The van der Waals surface area contributed by atoms with Crippen LogP contribution in [-0.2, 0) is 26.5 Å². The number of rotatable bonds is 10. The normalized spacial score (nSPS) is 12.0. The second-order valence-corrected chi connectivity index (χ2v) is 23.1. The van der Waals surface area contributed by atoms with Gasteiger partial charge in [-0.25, -0.2) is 0 Å². The quantitative estimate of drug-likeness (QED) is 0.101. The molecule has 0 aliphatic heterocycles. The van der Waals surface area contributed by atoms with Crippen molar-refractivity contribution in [2.24, 2.45) is 5.92 Å². The van der Waals surface area contributed by atoms with Gasteiger partial charge in [0.05, 0.1) is 24.9 Å². The molecule has 0 aliphatic carbocycles. The average Bonchev–Trinajstić information content (AvgIpc) is 3.84. The summed E-state index contributed by atoms with van der Waals surface area (Å²) in [4.78, 5) is 9.90. The van der Waals surface area contributed by atoms with Crippen molar-refractivity contribution in [2.75, 3.05) is 0 Å². The molecule has 0 bridgehead atoms. The van der Waals surface area contributed by atoms with Crippen LogP contribution in [0.4, 0.5) is 0 Å². The Morgan fingerprint density at radius 1 is 0.787 bits per heavy atom. The number of fused-ring (bicyclic) bond motifs is 2. The molecule has 61 heavy (non-hydrogen) atoms. The third kappa shape index (κ3) is 9.83. The monoisotopic (exact) mass is 998 g/mol. The van der Waals surface area contributed by atoms with Crippen molar-refractivity contribution in [1.82, 2.24) is 14.5 Å². The van der Waals surface area contributed by atoms with Gasteiger partial charge < -0.3 is 14.0 Å². The van der Waals surface area contributed by atoms with Crippen molar-refractivity contribution >= 4 is 40.8 Å². The summed E-state index contributed by atoms with van der Waals surface area (Å²) in [5, 5.41) is 2.51. The van der Waals surface area contributed by atoms with E-state index < -0.39 is 8.07 Å². The Morgan fingerprint density at radius 3 is 2.08 bits per heavy atom. The van der Waals surface area contributed by atoms with Crippen molar-refractivity contribution in [3.05, 3.63) is 162 Å². The summed E-state index contributed by atoms with van der Waals surface area (Å²) in [6.07, 6.45) is 8.62. The van der Waals surface area contributed by atoms with Crippen molar-refractivity contribution in [3.63, 3.8) is 0 Å². The van der Waals surface area contributed by atoms with E-state index in [9.17, 15) is 0 Å². The molecule has 3 heterocycles. The van der Waals surface area contributed by atoms with Gasteiger partial charge in [0.15, 0.2) is 0 Å². The zero-order chi connectivity index (χ0) is 42.7. The van der Waals surface area contributed by atoms with E-state index in [0.29, 0.717) is 17.8 Å². The first-order valence-corrected chi connectivity index (χ1v) is 25.0. The van der Waals surface area contributed by atoms with Crippen LogP contribution in [0.3, 0.4) is 0 Å². The first-order valence-electron chi connectivity index (χ1n) is 21.5. The van der Waals surface area contributed by atoms with Crippen molar-refractivity contribution in [1.29, 1.82) is 0 Å². The van der Waals surface area contributed by atoms with Crippen LogP contribution in [0, 0.1) is 18.2 Å². The first kappa shape index (κ1) is 45.4. The minimum atomic E-state index is -1.34. The fourth-order valence-electron chi connectivity index (χ4n) is 8.07. The Balaban J connectivity index is 0.000000250. The summed E-state index contributed by atoms with van der Waals surface area (Å²) in [7, 11) is -1.34. The van der Waals surface area contributed by atoms with Crippen LogP contribution >= 0.6 is 0 Å². The zero-order valence-corrected chi connectivity index (χ0v) is 41.0. The average molecular weight is 998 g/mol. The molecule has 8 rings (SSSR count). The zero-order valence-electron chi connectivity index (χ0n) is 37.6. The predicted octanol–water partition coefficient (Wildman–Crippen LogP) is 14.9. The summed E-state index contributed by atoms with van der Waals surface area (Å²) in [6, 6.07) is 43.8. The van der Waals surface area contributed by atoms with E-state index in [-0.39, 0.29) is 20.1 Å². The number of benzene rings is 5. The van der Waals surface area contributed by atoms with E-state index in [2.05, 4.69) is 200 Å². The molecule has 0 spiro atoms. The van der Waals surface area contributed by atoms with Crippen LogP contribution in [0.15, 0.2) is 132 Å². The number of hydrogen-bond acceptors (Lipinski definition) is 3. The number of nitrogens with zero attached hydrogens (tertiary/aromatic N) is 3. The minimum Gasteiger partial charge on any atom is -0.557 e. The maximum Gasteiger partial charge on any atom is 0.0798 e. The Bertz CT molecular complexity index is 2740. The van der Waals surface area contributed by atoms with Gasteiger partial charge in [0.25, 0.3) is 0 Å². The van der Waals surface area contributed by atoms with E-state index >= 15 is 0 Å². The van der Waals surface area contributed by atoms with Gasteiger partial charge in [0.1, 0.15) is 0 Å². The summed E-state index contributed by atoms with van der Waals surface area (Å²) in [5.74, 6) is 2.13. The maximum absolute atomic E-state index is 5.99. The van der Waals surface area contributed by atoms with Gasteiger partial charge in [-0.3, -0.25) is 4.98 Å². The van der Waals surface area contributed by atoms with Gasteiger partial charge in [-0.15, -0.1) is 35.9 Å².